The van der Waals surface area contributed by atoms with Crippen LogP contribution >= 0.6 is 0 Å². The lowest BCUT2D eigenvalue weighted by atomic mass is 10.0. The minimum absolute atomic E-state index is 0.368. The minimum atomic E-state index is 0.368. The summed E-state index contributed by atoms with van der Waals surface area (Å²) in [6, 6.07) is 6.82. The number of rotatable bonds is 4. The van der Waals surface area contributed by atoms with Gasteiger partial charge in [0.1, 0.15) is 5.75 Å². The van der Waals surface area contributed by atoms with Crippen LogP contribution < -0.4 is 15.8 Å². The van der Waals surface area contributed by atoms with E-state index in [1.807, 2.05) is 0 Å². The Bertz CT molecular complexity index is 352. The fourth-order valence-electron chi connectivity index (χ4n) is 1.90. The lowest BCUT2D eigenvalue weighted by molar-refractivity contribution is 0.288. The van der Waals surface area contributed by atoms with E-state index in [4.69, 9.17) is 10.5 Å². The molecule has 0 bridgehead atoms. The third-order valence-electron chi connectivity index (χ3n) is 2.98. The van der Waals surface area contributed by atoms with Crippen molar-refractivity contribution in [1.29, 1.82) is 0 Å². The zero-order valence-corrected chi connectivity index (χ0v) is 9.83. The highest BCUT2D eigenvalue weighted by molar-refractivity contribution is 5.38. The van der Waals surface area contributed by atoms with Crippen LogP contribution in [0.1, 0.15) is 24.5 Å². The van der Waals surface area contributed by atoms with Gasteiger partial charge >= 0.3 is 0 Å². The second-order valence-corrected chi connectivity index (χ2v) is 4.41. The van der Waals surface area contributed by atoms with Gasteiger partial charge < -0.3 is 15.8 Å². The number of fused-ring (bicyclic) bond motifs is 1. The molecule has 1 aromatic carbocycles. The van der Waals surface area contributed by atoms with Crippen molar-refractivity contribution in [2.75, 3.05) is 13.2 Å². The molecule has 1 aliphatic rings. The Labute approximate surface area is 97.0 Å². The van der Waals surface area contributed by atoms with Gasteiger partial charge in [-0.1, -0.05) is 12.1 Å². The largest absolute Gasteiger partial charge is 0.493 e. The molecule has 0 amide bonds. The fourth-order valence-corrected chi connectivity index (χ4v) is 1.90. The summed E-state index contributed by atoms with van der Waals surface area (Å²) >= 11 is 0. The molecule has 2 rings (SSSR count). The monoisotopic (exact) mass is 220 g/mol. The molecule has 3 heteroatoms. The Morgan fingerprint density at radius 1 is 1.50 bits per heavy atom. The molecule has 3 N–H and O–H groups in total. The Morgan fingerprint density at radius 2 is 2.38 bits per heavy atom. The summed E-state index contributed by atoms with van der Waals surface area (Å²) in [4.78, 5) is 0. The first-order chi connectivity index (χ1) is 7.79. The summed E-state index contributed by atoms with van der Waals surface area (Å²) in [5.74, 6) is 1.06. The molecule has 1 atom stereocenters. The molecule has 0 radical (unpaired) electrons. The molecule has 0 unspecified atom stereocenters. The standard InChI is InChI=1S/C13H20N2O/c1-10(8-14)15-9-11-4-5-13-12(7-11)3-2-6-16-13/h4-5,7,10,15H,2-3,6,8-9,14H2,1H3/t10-/m1/s1. The molecule has 0 saturated heterocycles. The van der Waals surface area contributed by atoms with Crippen LogP contribution in [0, 0.1) is 0 Å². The topological polar surface area (TPSA) is 47.3 Å². The molecule has 0 saturated carbocycles. The van der Waals surface area contributed by atoms with Crippen molar-refractivity contribution in [1.82, 2.24) is 5.32 Å². The number of aryl methyl sites for hydroxylation is 1. The number of nitrogens with one attached hydrogen (secondary N) is 1. The maximum Gasteiger partial charge on any atom is 0.122 e. The van der Waals surface area contributed by atoms with Gasteiger partial charge in [-0.15, -0.1) is 0 Å². The van der Waals surface area contributed by atoms with Crippen LogP contribution in [0.3, 0.4) is 0 Å². The van der Waals surface area contributed by atoms with Crippen molar-refractivity contribution in [3.05, 3.63) is 29.3 Å². The van der Waals surface area contributed by atoms with Gasteiger partial charge in [0.2, 0.25) is 0 Å². The van der Waals surface area contributed by atoms with E-state index in [0.29, 0.717) is 12.6 Å². The first-order valence-corrected chi connectivity index (χ1v) is 5.97. The predicted molar refractivity (Wildman–Crippen MR) is 65.6 cm³/mol. The highest BCUT2D eigenvalue weighted by Gasteiger charge is 2.10. The fraction of sp³-hybridized carbons (Fsp3) is 0.538. The van der Waals surface area contributed by atoms with Crippen molar-refractivity contribution < 1.29 is 4.74 Å². The average molecular weight is 220 g/mol. The Balaban J connectivity index is 2.00. The van der Waals surface area contributed by atoms with Gasteiger partial charge in [0, 0.05) is 19.1 Å². The average Bonchev–Trinajstić information content (AvgIpc) is 2.35. The van der Waals surface area contributed by atoms with Crippen LogP contribution in [0.4, 0.5) is 0 Å². The van der Waals surface area contributed by atoms with Crippen molar-refractivity contribution in [2.24, 2.45) is 5.73 Å². The molecule has 0 aliphatic carbocycles. The number of ether oxygens (including phenoxy) is 1. The highest BCUT2D eigenvalue weighted by Crippen LogP contribution is 2.25. The quantitative estimate of drug-likeness (QED) is 0.807. The molecule has 0 spiro atoms. The third-order valence-corrected chi connectivity index (χ3v) is 2.98. The molecule has 0 fully saturated rings. The van der Waals surface area contributed by atoms with Gasteiger partial charge in [0.05, 0.1) is 6.61 Å². The Kier molecular flexibility index (Phi) is 3.80. The molecule has 0 aromatic heterocycles. The van der Waals surface area contributed by atoms with Crippen LogP contribution in [-0.2, 0) is 13.0 Å². The number of benzene rings is 1. The van der Waals surface area contributed by atoms with Gasteiger partial charge in [0.15, 0.2) is 0 Å². The third kappa shape index (κ3) is 2.74. The number of hydrogen-bond acceptors (Lipinski definition) is 3. The van der Waals surface area contributed by atoms with Gasteiger partial charge in [-0.2, -0.15) is 0 Å². The minimum Gasteiger partial charge on any atom is -0.493 e. The van der Waals surface area contributed by atoms with E-state index >= 15 is 0 Å². The molecule has 3 nitrogen and oxygen atoms in total. The van der Waals surface area contributed by atoms with Crippen molar-refractivity contribution in [3.8, 4) is 5.75 Å². The Hall–Kier alpha value is -1.06. The van der Waals surface area contributed by atoms with Gasteiger partial charge in [0.25, 0.3) is 0 Å². The molecule has 88 valence electrons. The van der Waals surface area contributed by atoms with E-state index < -0.39 is 0 Å². The van der Waals surface area contributed by atoms with Crippen molar-refractivity contribution >= 4 is 0 Å². The lowest BCUT2D eigenvalue weighted by Gasteiger charge is -2.18. The summed E-state index contributed by atoms with van der Waals surface area (Å²) in [6.45, 7) is 4.51. The molecular weight excluding hydrogens is 200 g/mol. The SMILES string of the molecule is C[C@H](CN)NCc1ccc2c(c1)CCCO2. The van der Waals surface area contributed by atoms with Gasteiger partial charge in [-0.25, -0.2) is 0 Å². The summed E-state index contributed by atoms with van der Waals surface area (Å²) in [7, 11) is 0. The first kappa shape index (κ1) is 11.4. The normalized spacial score (nSPS) is 16.4. The maximum absolute atomic E-state index is 5.58. The van der Waals surface area contributed by atoms with Crippen LogP contribution in [0.15, 0.2) is 18.2 Å². The maximum atomic E-state index is 5.58. The van der Waals surface area contributed by atoms with Gasteiger partial charge in [-0.3, -0.25) is 0 Å². The molecular formula is C13H20N2O. The van der Waals surface area contributed by atoms with Crippen LogP contribution in [0.2, 0.25) is 0 Å². The molecule has 16 heavy (non-hydrogen) atoms. The van der Waals surface area contributed by atoms with Crippen LogP contribution in [-0.4, -0.2) is 19.2 Å². The number of nitrogens with two attached hydrogens (primary N) is 1. The van der Waals surface area contributed by atoms with Crippen LogP contribution in [0.25, 0.3) is 0 Å². The highest BCUT2D eigenvalue weighted by atomic mass is 16.5. The predicted octanol–water partition coefficient (Wildman–Crippen LogP) is 1.45. The zero-order chi connectivity index (χ0) is 11.4. The van der Waals surface area contributed by atoms with E-state index in [-0.39, 0.29) is 0 Å². The van der Waals surface area contributed by atoms with E-state index in [1.54, 1.807) is 0 Å². The van der Waals surface area contributed by atoms with E-state index in [9.17, 15) is 0 Å². The van der Waals surface area contributed by atoms with Crippen LogP contribution in [0.5, 0.6) is 5.75 Å². The van der Waals surface area contributed by atoms with E-state index in [2.05, 4.69) is 30.4 Å². The summed E-state index contributed by atoms with van der Waals surface area (Å²) in [5, 5.41) is 3.39. The second-order valence-electron chi connectivity index (χ2n) is 4.41. The smallest absolute Gasteiger partial charge is 0.122 e. The summed E-state index contributed by atoms with van der Waals surface area (Å²) in [5.41, 5.74) is 8.21. The van der Waals surface area contributed by atoms with E-state index in [1.165, 1.54) is 11.1 Å². The summed E-state index contributed by atoms with van der Waals surface area (Å²) < 4.78 is 5.58. The van der Waals surface area contributed by atoms with E-state index in [0.717, 1.165) is 31.7 Å². The van der Waals surface area contributed by atoms with Crippen molar-refractivity contribution in [2.45, 2.75) is 32.4 Å². The molecule has 1 heterocycles. The molecule has 1 aliphatic heterocycles. The Morgan fingerprint density at radius 3 is 3.19 bits per heavy atom. The molecule has 1 aromatic rings. The second kappa shape index (κ2) is 5.32. The lowest BCUT2D eigenvalue weighted by Crippen LogP contribution is -2.32. The zero-order valence-electron chi connectivity index (χ0n) is 9.83. The first-order valence-electron chi connectivity index (χ1n) is 5.97. The number of hydrogen-bond donors (Lipinski definition) is 2. The van der Waals surface area contributed by atoms with Crippen molar-refractivity contribution in [3.63, 3.8) is 0 Å². The summed E-state index contributed by atoms with van der Waals surface area (Å²) in [6.07, 6.45) is 2.26. The van der Waals surface area contributed by atoms with Gasteiger partial charge in [-0.05, 0) is 37.0 Å².